The summed E-state index contributed by atoms with van der Waals surface area (Å²) >= 11 is 6.00. The van der Waals surface area contributed by atoms with E-state index in [1.54, 1.807) is 7.11 Å². The van der Waals surface area contributed by atoms with Crippen LogP contribution in [0.4, 0.5) is 11.6 Å². The summed E-state index contributed by atoms with van der Waals surface area (Å²) in [5, 5.41) is 3.66. The average molecular weight is 243 g/mol. The summed E-state index contributed by atoms with van der Waals surface area (Å²) in [6.07, 6.45) is 4.82. The van der Waals surface area contributed by atoms with E-state index in [9.17, 15) is 0 Å². The number of ether oxygens (including phenoxy) is 1. The maximum absolute atomic E-state index is 6.00. The summed E-state index contributed by atoms with van der Waals surface area (Å²) in [6, 6.07) is 0.344. The van der Waals surface area contributed by atoms with E-state index in [2.05, 4.69) is 15.3 Å². The van der Waals surface area contributed by atoms with Gasteiger partial charge >= 0.3 is 0 Å². The molecular weight excluding hydrogens is 228 g/mol. The molecule has 1 aromatic rings. The van der Waals surface area contributed by atoms with E-state index in [0.29, 0.717) is 28.8 Å². The average Bonchev–Trinajstić information content (AvgIpc) is 2.73. The summed E-state index contributed by atoms with van der Waals surface area (Å²) in [5.74, 6) is 0.913. The highest BCUT2D eigenvalue weighted by Gasteiger charge is 2.25. The van der Waals surface area contributed by atoms with Crippen molar-refractivity contribution in [3.63, 3.8) is 0 Å². The number of nitrogen functional groups attached to an aromatic ring is 1. The lowest BCUT2D eigenvalue weighted by molar-refractivity contribution is 0.108. The lowest BCUT2D eigenvalue weighted by Gasteiger charge is -2.14. The Morgan fingerprint density at radius 3 is 3.00 bits per heavy atom. The maximum Gasteiger partial charge on any atom is 0.150 e. The minimum absolute atomic E-state index is 0.306. The standard InChI is InChI=1S/C10H15ClN4O/c1-16-7-3-2-6(4-7)15-10-8(11)9(12)13-5-14-10/h5-7H,2-4H2,1H3,(H3,12,13,14,15). The van der Waals surface area contributed by atoms with E-state index in [4.69, 9.17) is 22.1 Å². The summed E-state index contributed by atoms with van der Waals surface area (Å²) in [4.78, 5) is 7.89. The molecule has 1 aromatic heterocycles. The first-order valence-electron chi connectivity index (χ1n) is 5.26. The van der Waals surface area contributed by atoms with Crippen molar-refractivity contribution in [2.75, 3.05) is 18.2 Å². The number of nitrogens with one attached hydrogen (secondary N) is 1. The number of methoxy groups -OCH3 is 1. The number of hydrogen-bond donors (Lipinski definition) is 2. The van der Waals surface area contributed by atoms with Crippen molar-refractivity contribution in [1.29, 1.82) is 0 Å². The predicted molar refractivity (Wildman–Crippen MR) is 63.5 cm³/mol. The van der Waals surface area contributed by atoms with Crippen molar-refractivity contribution >= 4 is 23.2 Å². The van der Waals surface area contributed by atoms with Gasteiger partial charge in [0.2, 0.25) is 0 Å². The van der Waals surface area contributed by atoms with Crippen LogP contribution in [0.25, 0.3) is 0 Å². The van der Waals surface area contributed by atoms with E-state index < -0.39 is 0 Å². The zero-order valence-electron chi connectivity index (χ0n) is 9.11. The molecule has 1 aliphatic carbocycles. The van der Waals surface area contributed by atoms with Crippen LogP contribution in [0, 0.1) is 0 Å². The number of aromatic nitrogens is 2. The molecule has 2 unspecified atom stereocenters. The van der Waals surface area contributed by atoms with Crippen molar-refractivity contribution in [2.24, 2.45) is 0 Å². The van der Waals surface area contributed by atoms with Crippen molar-refractivity contribution in [3.8, 4) is 0 Å². The molecule has 0 radical (unpaired) electrons. The number of anilines is 2. The molecule has 88 valence electrons. The molecule has 6 heteroatoms. The van der Waals surface area contributed by atoms with Gasteiger partial charge in [0.1, 0.15) is 17.2 Å². The van der Waals surface area contributed by atoms with Crippen LogP contribution in [-0.2, 0) is 4.74 Å². The van der Waals surface area contributed by atoms with Gasteiger partial charge in [-0.25, -0.2) is 9.97 Å². The van der Waals surface area contributed by atoms with Gasteiger partial charge in [-0.2, -0.15) is 0 Å². The molecule has 1 aliphatic rings. The molecular formula is C10H15ClN4O. The van der Waals surface area contributed by atoms with Gasteiger partial charge in [-0.05, 0) is 19.3 Å². The quantitative estimate of drug-likeness (QED) is 0.844. The van der Waals surface area contributed by atoms with Crippen LogP contribution in [0.3, 0.4) is 0 Å². The molecule has 1 fully saturated rings. The molecule has 0 aromatic carbocycles. The smallest absolute Gasteiger partial charge is 0.150 e. The second-order valence-corrected chi connectivity index (χ2v) is 4.31. The molecule has 5 nitrogen and oxygen atoms in total. The zero-order valence-corrected chi connectivity index (χ0v) is 9.87. The number of rotatable bonds is 3. The third-order valence-corrected chi connectivity index (χ3v) is 3.25. The lowest BCUT2D eigenvalue weighted by atomic mass is 10.2. The molecule has 2 rings (SSSR count). The Hall–Kier alpha value is -1.07. The SMILES string of the molecule is COC1CCC(Nc2ncnc(N)c2Cl)C1. The third kappa shape index (κ3) is 2.36. The van der Waals surface area contributed by atoms with Crippen LogP contribution < -0.4 is 11.1 Å². The van der Waals surface area contributed by atoms with E-state index in [1.165, 1.54) is 6.33 Å². The van der Waals surface area contributed by atoms with Crippen molar-refractivity contribution < 1.29 is 4.74 Å². The first-order valence-corrected chi connectivity index (χ1v) is 5.63. The van der Waals surface area contributed by atoms with Crippen LogP contribution in [0.2, 0.25) is 5.02 Å². The molecule has 0 spiro atoms. The Morgan fingerprint density at radius 1 is 1.50 bits per heavy atom. The molecule has 2 atom stereocenters. The van der Waals surface area contributed by atoms with E-state index in [1.807, 2.05) is 0 Å². The Balaban J connectivity index is 2.02. The molecule has 0 bridgehead atoms. The molecule has 0 aliphatic heterocycles. The van der Waals surface area contributed by atoms with Crippen molar-refractivity contribution in [3.05, 3.63) is 11.3 Å². The number of nitrogens with zero attached hydrogens (tertiary/aromatic N) is 2. The van der Waals surface area contributed by atoms with E-state index >= 15 is 0 Å². The van der Waals surface area contributed by atoms with Crippen LogP contribution in [0.1, 0.15) is 19.3 Å². The lowest BCUT2D eigenvalue weighted by Crippen LogP contribution is -2.18. The first kappa shape index (κ1) is 11.4. The fourth-order valence-corrected chi connectivity index (χ4v) is 2.11. The maximum atomic E-state index is 6.00. The van der Waals surface area contributed by atoms with Gasteiger partial charge in [-0.1, -0.05) is 11.6 Å². The summed E-state index contributed by atoms with van der Waals surface area (Å²) in [5.41, 5.74) is 5.60. The predicted octanol–water partition coefficient (Wildman–Crippen LogP) is 1.69. The Labute approximate surface area is 99.4 Å². The van der Waals surface area contributed by atoms with Gasteiger partial charge in [0.25, 0.3) is 0 Å². The van der Waals surface area contributed by atoms with Crippen molar-refractivity contribution in [1.82, 2.24) is 9.97 Å². The molecule has 0 saturated heterocycles. The Bertz CT molecular complexity index is 374. The normalized spacial score (nSPS) is 24.6. The fourth-order valence-electron chi connectivity index (χ4n) is 1.96. The van der Waals surface area contributed by atoms with E-state index in [-0.39, 0.29) is 0 Å². The monoisotopic (exact) mass is 242 g/mol. The highest BCUT2D eigenvalue weighted by Crippen LogP contribution is 2.28. The Kier molecular flexibility index (Phi) is 3.46. The largest absolute Gasteiger partial charge is 0.382 e. The molecule has 1 heterocycles. The molecule has 1 saturated carbocycles. The Morgan fingerprint density at radius 2 is 2.31 bits per heavy atom. The summed E-state index contributed by atoms with van der Waals surface area (Å²) in [7, 11) is 1.74. The summed E-state index contributed by atoms with van der Waals surface area (Å²) in [6.45, 7) is 0. The van der Waals surface area contributed by atoms with Gasteiger partial charge in [0.05, 0.1) is 6.10 Å². The van der Waals surface area contributed by atoms with Gasteiger partial charge in [0, 0.05) is 13.2 Å². The van der Waals surface area contributed by atoms with Crippen LogP contribution in [0.5, 0.6) is 0 Å². The highest BCUT2D eigenvalue weighted by molar-refractivity contribution is 6.35. The topological polar surface area (TPSA) is 73.1 Å². The minimum Gasteiger partial charge on any atom is -0.382 e. The van der Waals surface area contributed by atoms with E-state index in [0.717, 1.165) is 19.3 Å². The molecule has 3 N–H and O–H groups in total. The van der Waals surface area contributed by atoms with Gasteiger partial charge in [-0.3, -0.25) is 0 Å². The third-order valence-electron chi connectivity index (χ3n) is 2.88. The number of halogens is 1. The minimum atomic E-state index is 0.306. The number of hydrogen-bond acceptors (Lipinski definition) is 5. The second kappa shape index (κ2) is 4.84. The second-order valence-electron chi connectivity index (χ2n) is 3.93. The van der Waals surface area contributed by atoms with Crippen LogP contribution in [0.15, 0.2) is 6.33 Å². The van der Waals surface area contributed by atoms with Crippen LogP contribution in [-0.4, -0.2) is 29.2 Å². The van der Waals surface area contributed by atoms with Crippen LogP contribution >= 0.6 is 11.6 Å². The van der Waals surface area contributed by atoms with Crippen molar-refractivity contribution in [2.45, 2.75) is 31.4 Å². The van der Waals surface area contributed by atoms with Gasteiger partial charge < -0.3 is 15.8 Å². The first-order chi connectivity index (χ1) is 7.70. The highest BCUT2D eigenvalue weighted by atomic mass is 35.5. The molecule has 0 amide bonds. The molecule has 16 heavy (non-hydrogen) atoms. The van der Waals surface area contributed by atoms with Gasteiger partial charge in [-0.15, -0.1) is 0 Å². The van der Waals surface area contributed by atoms with Gasteiger partial charge in [0.15, 0.2) is 5.82 Å². The zero-order chi connectivity index (χ0) is 11.5. The number of nitrogens with two attached hydrogens (primary N) is 1. The summed E-state index contributed by atoms with van der Waals surface area (Å²) < 4.78 is 5.30. The fraction of sp³-hybridized carbons (Fsp3) is 0.600.